The molecule has 21 heavy (non-hydrogen) atoms. The van der Waals surface area contributed by atoms with Crippen molar-refractivity contribution in [3.63, 3.8) is 0 Å². The fourth-order valence-corrected chi connectivity index (χ4v) is 2.12. The molecule has 0 aromatic rings. The predicted octanol–water partition coefficient (Wildman–Crippen LogP) is 1.15. The molecule has 0 saturated heterocycles. The summed E-state index contributed by atoms with van der Waals surface area (Å²) in [5.41, 5.74) is -0.352. The SMILES string of the molecule is CC(C)(C)OCC(=O)NCCOCCS(=O)(=O)C(C)(C)C. The molecule has 0 fully saturated rings. The Labute approximate surface area is 128 Å². The zero-order valence-electron chi connectivity index (χ0n) is 14.0. The van der Waals surface area contributed by atoms with Crippen LogP contribution in [0.1, 0.15) is 41.5 Å². The third-order valence-corrected chi connectivity index (χ3v) is 5.20. The summed E-state index contributed by atoms with van der Waals surface area (Å²) in [7, 11) is -3.16. The molecule has 0 radical (unpaired) electrons. The van der Waals surface area contributed by atoms with E-state index in [9.17, 15) is 13.2 Å². The van der Waals surface area contributed by atoms with E-state index in [2.05, 4.69) is 5.32 Å². The summed E-state index contributed by atoms with van der Waals surface area (Å²) in [4.78, 5) is 11.4. The van der Waals surface area contributed by atoms with Crippen LogP contribution in [-0.2, 0) is 24.1 Å². The molecule has 0 unspecified atom stereocenters. The predicted molar refractivity (Wildman–Crippen MR) is 83.1 cm³/mol. The van der Waals surface area contributed by atoms with Crippen LogP contribution in [0.15, 0.2) is 0 Å². The van der Waals surface area contributed by atoms with Gasteiger partial charge in [0.05, 0.1) is 29.3 Å². The minimum absolute atomic E-state index is 0.00189. The number of rotatable bonds is 8. The molecule has 0 aliphatic carbocycles. The van der Waals surface area contributed by atoms with Gasteiger partial charge in [0.25, 0.3) is 0 Å². The number of amides is 1. The fraction of sp³-hybridized carbons (Fsp3) is 0.929. The van der Waals surface area contributed by atoms with Crippen LogP contribution < -0.4 is 5.32 Å². The smallest absolute Gasteiger partial charge is 0.246 e. The first-order valence-electron chi connectivity index (χ1n) is 7.06. The highest BCUT2D eigenvalue weighted by Crippen LogP contribution is 2.15. The van der Waals surface area contributed by atoms with Crippen molar-refractivity contribution in [3.8, 4) is 0 Å². The Bertz CT molecular complexity index is 418. The Morgan fingerprint density at radius 1 is 1.05 bits per heavy atom. The van der Waals surface area contributed by atoms with Gasteiger partial charge >= 0.3 is 0 Å². The summed E-state index contributed by atoms with van der Waals surface area (Å²) in [6, 6.07) is 0. The number of hydrogen-bond acceptors (Lipinski definition) is 5. The second-order valence-electron chi connectivity index (χ2n) is 6.79. The molecule has 0 saturated carbocycles. The third kappa shape index (κ3) is 9.82. The molecule has 1 amide bonds. The minimum atomic E-state index is -3.16. The number of hydrogen-bond donors (Lipinski definition) is 1. The maximum absolute atomic E-state index is 11.8. The van der Waals surface area contributed by atoms with E-state index in [-0.39, 0.29) is 37.1 Å². The Kier molecular flexibility index (Phi) is 7.84. The summed E-state index contributed by atoms with van der Waals surface area (Å²) in [5.74, 6) is -0.228. The average molecular weight is 323 g/mol. The van der Waals surface area contributed by atoms with Gasteiger partial charge in [-0.1, -0.05) is 0 Å². The van der Waals surface area contributed by atoms with Gasteiger partial charge in [-0.05, 0) is 41.5 Å². The van der Waals surface area contributed by atoms with E-state index < -0.39 is 14.6 Å². The van der Waals surface area contributed by atoms with Crippen LogP contribution in [-0.4, -0.2) is 56.8 Å². The summed E-state index contributed by atoms with van der Waals surface area (Å²) in [5, 5.41) is 2.64. The van der Waals surface area contributed by atoms with Gasteiger partial charge in [0, 0.05) is 6.54 Å². The lowest BCUT2D eigenvalue weighted by Crippen LogP contribution is -2.35. The first-order valence-corrected chi connectivity index (χ1v) is 8.71. The van der Waals surface area contributed by atoms with E-state index in [4.69, 9.17) is 9.47 Å². The molecule has 0 rings (SSSR count). The van der Waals surface area contributed by atoms with Gasteiger partial charge in [-0.2, -0.15) is 0 Å². The Morgan fingerprint density at radius 3 is 2.10 bits per heavy atom. The highest BCUT2D eigenvalue weighted by Gasteiger charge is 2.28. The van der Waals surface area contributed by atoms with Gasteiger partial charge in [0.15, 0.2) is 9.84 Å². The zero-order valence-corrected chi connectivity index (χ0v) is 14.8. The van der Waals surface area contributed by atoms with Crippen LogP contribution in [0.5, 0.6) is 0 Å². The van der Waals surface area contributed by atoms with Crippen molar-refractivity contribution < 1.29 is 22.7 Å². The second-order valence-corrected chi connectivity index (χ2v) is 9.66. The number of carbonyl (C=O) groups is 1. The number of ether oxygens (including phenoxy) is 2. The van der Waals surface area contributed by atoms with Gasteiger partial charge in [-0.3, -0.25) is 4.79 Å². The molecule has 7 heteroatoms. The summed E-state index contributed by atoms with van der Waals surface area (Å²) in [6.07, 6.45) is 0. The lowest BCUT2D eigenvalue weighted by molar-refractivity contribution is -0.130. The third-order valence-electron chi connectivity index (χ3n) is 2.63. The topological polar surface area (TPSA) is 81.7 Å². The maximum atomic E-state index is 11.8. The molecule has 0 aromatic carbocycles. The van der Waals surface area contributed by atoms with E-state index in [0.717, 1.165) is 0 Å². The van der Waals surface area contributed by atoms with E-state index in [1.807, 2.05) is 20.8 Å². The summed E-state index contributed by atoms with van der Waals surface area (Å²) < 4.78 is 33.4. The van der Waals surface area contributed by atoms with Gasteiger partial charge in [-0.15, -0.1) is 0 Å². The fourth-order valence-electron chi connectivity index (χ4n) is 1.17. The lowest BCUT2D eigenvalue weighted by atomic mass is 10.2. The van der Waals surface area contributed by atoms with Crippen molar-refractivity contribution in [1.29, 1.82) is 0 Å². The zero-order chi connectivity index (χ0) is 16.7. The molecule has 0 aliphatic heterocycles. The van der Waals surface area contributed by atoms with Crippen molar-refractivity contribution in [1.82, 2.24) is 5.32 Å². The van der Waals surface area contributed by atoms with E-state index >= 15 is 0 Å². The van der Waals surface area contributed by atoms with Crippen molar-refractivity contribution >= 4 is 15.7 Å². The average Bonchev–Trinajstić information content (AvgIpc) is 2.28. The van der Waals surface area contributed by atoms with Crippen LogP contribution in [0, 0.1) is 0 Å². The van der Waals surface area contributed by atoms with Gasteiger partial charge < -0.3 is 14.8 Å². The van der Waals surface area contributed by atoms with Crippen molar-refractivity contribution in [2.75, 3.05) is 32.1 Å². The normalized spacial score (nSPS) is 13.2. The summed E-state index contributed by atoms with van der Waals surface area (Å²) in [6.45, 7) is 11.4. The number of nitrogens with one attached hydrogen (secondary N) is 1. The maximum Gasteiger partial charge on any atom is 0.246 e. The molecule has 126 valence electrons. The molecule has 0 atom stereocenters. The molecule has 0 aromatic heterocycles. The van der Waals surface area contributed by atoms with Crippen molar-refractivity contribution in [2.24, 2.45) is 0 Å². The Hall–Kier alpha value is -0.660. The highest BCUT2D eigenvalue weighted by atomic mass is 32.2. The largest absolute Gasteiger partial charge is 0.379 e. The molecule has 6 nitrogen and oxygen atoms in total. The van der Waals surface area contributed by atoms with Gasteiger partial charge in [-0.25, -0.2) is 8.42 Å². The number of sulfone groups is 1. The van der Waals surface area contributed by atoms with Gasteiger partial charge in [0.1, 0.15) is 6.61 Å². The highest BCUT2D eigenvalue weighted by molar-refractivity contribution is 7.92. The molecular weight excluding hydrogens is 294 g/mol. The van der Waals surface area contributed by atoms with E-state index in [0.29, 0.717) is 6.54 Å². The summed E-state index contributed by atoms with van der Waals surface area (Å²) >= 11 is 0. The van der Waals surface area contributed by atoms with E-state index in [1.165, 1.54) is 0 Å². The molecule has 1 N–H and O–H groups in total. The monoisotopic (exact) mass is 323 g/mol. The van der Waals surface area contributed by atoms with E-state index in [1.54, 1.807) is 20.8 Å². The first kappa shape index (κ1) is 20.3. The van der Waals surface area contributed by atoms with Crippen LogP contribution in [0.3, 0.4) is 0 Å². The molecule has 0 bridgehead atoms. The van der Waals surface area contributed by atoms with Gasteiger partial charge in [0.2, 0.25) is 5.91 Å². The van der Waals surface area contributed by atoms with Crippen LogP contribution in [0.4, 0.5) is 0 Å². The minimum Gasteiger partial charge on any atom is -0.379 e. The molecule has 0 heterocycles. The Balaban J connectivity index is 3.73. The second kappa shape index (κ2) is 8.10. The molecular formula is C14H29NO5S. The molecule has 0 aliphatic rings. The van der Waals surface area contributed by atoms with Crippen LogP contribution in [0.25, 0.3) is 0 Å². The first-order chi connectivity index (χ1) is 9.35. The molecule has 0 spiro atoms. The quantitative estimate of drug-likeness (QED) is 0.678. The standard InChI is InChI=1S/C14H29NO5S/c1-13(2,3)20-11-12(16)15-7-8-19-9-10-21(17,18)14(4,5)6/h7-11H2,1-6H3,(H,15,16). The van der Waals surface area contributed by atoms with Crippen molar-refractivity contribution in [2.45, 2.75) is 51.9 Å². The lowest BCUT2D eigenvalue weighted by Gasteiger charge is -2.19. The van der Waals surface area contributed by atoms with Crippen LogP contribution in [0.2, 0.25) is 0 Å². The van der Waals surface area contributed by atoms with Crippen molar-refractivity contribution in [3.05, 3.63) is 0 Å². The number of carbonyl (C=O) groups excluding carboxylic acids is 1. The Morgan fingerprint density at radius 2 is 1.62 bits per heavy atom. The van der Waals surface area contributed by atoms with Crippen LogP contribution >= 0.6 is 0 Å².